The van der Waals surface area contributed by atoms with Crippen molar-refractivity contribution in [2.75, 3.05) is 13.2 Å². The van der Waals surface area contributed by atoms with Gasteiger partial charge in [-0.3, -0.25) is 0 Å². The van der Waals surface area contributed by atoms with Crippen molar-refractivity contribution in [2.24, 2.45) is 13.0 Å². The van der Waals surface area contributed by atoms with Gasteiger partial charge in [0.25, 0.3) is 0 Å². The summed E-state index contributed by atoms with van der Waals surface area (Å²) in [4.78, 5) is 0. The van der Waals surface area contributed by atoms with Gasteiger partial charge in [0.05, 0.1) is 0 Å². The molecule has 0 radical (unpaired) electrons. The number of nitrogens with one attached hydrogen (secondary N) is 1. The van der Waals surface area contributed by atoms with E-state index in [1.807, 2.05) is 0 Å². The van der Waals surface area contributed by atoms with Gasteiger partial charge in [-0.25, -0.2) is 0 Å². The summed E-state index contributed by atoms with van der Waals surface area (Å²) in [5.74, 6) is 0.432. The van der Waals surface area contributed by atoms with E-state index in [2.05, 4.69) is 42.2 Å². The van der Waals surface area contributed by atoms with Crippen LogP contribution in [-0.2, 0) is 13.6 Å². The molecule has 15 heavy (non-hydrogen) atoms. The van der Waals surface area contributed by atoms with Crippen molar-refractivity contribution in [3.05, 3.63) is 24.0 Å². The van der Waals surface area contributed by atoms with Crippen LogP contribution in [-0.4, -0.2) is 22.8 Å². The molecule has 0 aliphatic rings. The van der Waals surface area contributed by atoms with E-state index in [4.69, 9.17) is 5.11 Å². The number of hydrogen-bond acceptors (Lipinski definition) is 2. The molecule has 0 saturated carbocycles. The molecule has 0 aromatic carbocycles. The van der Waals surface area contributed by atoms with E-state index in [0.717, 1.165) is 25.9 Å². The normalized spacial score (nSPS) is 13.0. The third-order valence-corrected chi connectivity index (χ3v) is 2.72. The van der Waals surface area contributed by atoms with Gasteiger partial charge in [0.2, 0.25) is 0 Å². The lowest BCUT2D eigenvalue weighted by atomic mass is 10.1. The van der Waals surface area contributed by atoms with Crippen LogP contribution in [0.15, 0.2) is 18.3 Å². The number of hydrogen-bond donors (Lipinski definition) is 2. The Morgan fingerprint density at radius 2 is 2.33 bits per heavy atom. The van der Waals surface area contributed by atoms with Crippen LogP contribution < -0.4 is 5.32 Å². The molecule has 86 valence electrons. The Labute approximate surface area is 92.1 Å². The number of nitrogens with zero attached hydrogens (tertiary/aromatic N) is 1. The predicted octanol–water partition coefficient (Wildman–Crippen LogP) is 1.52. The Bertz CT molecular complexity index is 270. The quantitative estimate of drug-likeness (QED) is 0.670. The highest BCUT2D eigenvalue weighted by Crippen LogP contribution is 2.03. The maximum Gasteiger partial charge on any atom is 0.0456 e. The lowest BCUT2D eigenvalue weighted by Crippen LogP contribution is -2.17. The van der Waals surface area contributed by atoms with Gasteiger partial charge in [-0.2, -0.15) is 0 Å². The van der Waals surface area contributed by atoms with Gasteiger partial charge >= 0.3 is 0 Å². The Kier molecular flexibility index (Phi) is 5.43. The molecule has 0 bridgehead atoms. The lowest BCUT2D eigenvalue weighted by molar-refractivity contribution is 0.228. The number of aryl methyl sites for hydroxylation is 1. The predicted molar refractivity (Wildman–Crippen MR) is 62.6 cm³/mol. The van der Waals surface area contributed by atoms with E-state index in [-0.39, 0.29) is 0 Å². The molecule has 0 aliphatic carbocycles. The summed E-state index contributed by atoms with van der Waals surface area (Å²) in [6, 6.07) is 4.19. The van der Waals surface area contributed by atoms with E-state index in [0.29, 0.717) is 12.5 Å². The van der Waals surface area contributed by atoms with Crippen LogP contribution in [0, 0.1) is 5.92 Å². The fraction of sp³-hybridized carbons (Fsp3) is 0.667. The van der Waals surface area contributed by atoms with E-state index < -0.39 is 0 Å². The molecule has 1 heterocycles. The molecule has 0 spiro atoms. The van der Waals surface area contributed by atoms with Crippen LogP contribution in [0.5, 0.6) is 0 Å². The summed E-state index contributed by atoms with van der Waals surface area (Å²) in [6.45, 7) is 4.33. The Hall–Kier alpha value is -0.800. The van der Waals surface area contributed by atoms with Crippen LogP contribution in [0.25, 0.3) is 0 Å². The summed E-state index contributed by atoms with van der Waals surface area (Å²) >= 11 is 0. The number of rotatable bonds is 7. The Morgan fingerprint density at radius 1 is 1.53 bits per heavy atom. The molecule has 1 aromatic rings. The Morgan fingerprint density at radius 3 is 2.93 bits per heavy atom. The van der Waals surface area contributed by atoms with Gasteiger partial charge in [-0.15, -0.1) is 0 Å². The third-order valence-electron chi connectivity index (χ3n) is 2.72. The van der Waals surface area contributed by atoms with Crippen LogP contribution in [0.3, 0.4) is 0 Å². The van der Waals surface area contributed by atoms with Crippen LogP contribution >= 0.6 is 0 Å². The van der Waals surface area contributed by atoms with Gasteiger partial charge < -0.3 is 15.0 Å². The van der Waals surface area contributed by atoms with Crippen molar-refractivity contribution in [3.8, 4) is 0 Å². The van der Waals surface area contributed by atoms with Crippen molar-refractivity contribution in [1.29, 1.82) is 0 Å². The number of aliphatic hydroxyl groups is 1. The highest BCUT2D eigenvalue weighted by molar-refractivity contribution is 5.05. The van der Waals surface area contributed by atoms with E-state index in [1.165, 1.54) is 5.69 Å². The molecule has 2 N–H and O–H groups in total. The van der Waals surface area contributed by atoms with Gasteiger partial charge in [-0.05, 0) is 37.4 Å². The first-order valence-electron chi connectivity index (χ1n) is 5.66. The Balaban J connectivity index is 2.05. The molecule has 1 aromatic heterocycles. The maximum atomic E-state index is 8.85. The van der Waals surface area contributed by atoms with Gasteiger partial charge in [0.15, 0.2) is 0 Å². The smallest absolute Gasteiger partial charge is 0.0456 e. The summed E-state index contributed by atoms with van der Waals surface area (Å²) in [5.41, 5.74) is 1.31. The fourth-order valence-electron chi connectivity index (χ4n) is 1.56. The molecule has 1 unspecified atom stereocenters. The zero-order valence-electron chi connectivity index (χ0n) is 9.74. The molecule has 0 saturated heterocycles. The van der Waals surface area contributed by atoms with E-state index >= 15 is 0 Å². The van der Waals surface area contributed by atoms with Crippen molar-refractivity contribution < 1.29 is 5.11 Å². The van der Waals surface area contributed by atoms with Gasteiger partial charge in [0.1, 0.15) is 0 Å². The first-order chi connectivity index (χ1) is 7.24. The third kappa shape index (κ3) is 4.49. The van der Waals surface area contributed by atoms with E-state index in [1.54, 1.807) is 0 Å². The summed E-state index contributed by atoms with van der Waals surface area (Å²) in [5, 5.41) is 12.3. The minimum absolute atomic E-state index is 0.303. The van der Waals surface area contributed by atoms with Crippen LogP contribution in [0.1, 0.15) is 25.5 Å². The SMILES string of the molecule is CC(CO)CCCNCc1cccn1C. The first kappa shape index (κ1) is 12.3. The largest absolute Gasteiger partial charge is 0.396 e. The van der Waals surface area contributed by atoms with Crippen molar-refractivity contribution in [3.63, 3.8) is 0 Å². The summed E-state index contributed by atoms with van der Waals surface area (Å²) in [6.07, 6.45) is 4.29. The van der Waals surface area contributed by atoms with E-state index in [9.17, 15) is 0 Å². The second-order valence-electron chi connectivity index (χ2n) is 4.22. The molecular formula is C12H22N2O. The van der Waals surface area contributed by atoms with Crippen molar-refractivity contribution in [2.45, 2.75) is 26.3 Å². The zero-order chi connectivity index (χ0) is 11.1. The minimum atomic E-state index is 0.303. The fourth-order valence-corrected chi connectivity index (χ4v) is 1.56. The number of aromatic nitrogens is 1. The molecule has 0 aliphatic heterocycles. The molecule has 1 rings (SSSR count). The van der Waals surface area contributed by atoms with Gasteiger partial charge in [-0.1, -0.05) is 6.92 Å². The molecule has 3 nitrogen and oxygen atoms in total. The van der Waals surface area contributed by atoms with Gasteiger partial charge in [0, 0.05) is 32.1 Å². The average molecular weight is 210 g/mol. The lowest BCUT2D eigenvalue weighted by Gasteiger charge is -2.08. The van der Waals surface area contributed by atoms with Crippen molar-refractivity contribution >= 4 is 0 Å². The highest BCUT2D eigenvalue weighted by Gasteiger charge is 1.99. The highest BCUT2D eigenvalue weighted by atomic mass is 16.3. The molecule has 1 atom stereocenters. The maximum absolute atomic E-state index is 8.85. The topological polar surface area (TPSA) is 37.2 Å². The molecule has 3 heteroatoms. The summed E-state index contributed by atoms with van der Waals surface area (Å²) in [7, 11) is 2.06. The summed E-state index contributed by atoms with van der Waals surface area (Å²) < 4.78 is 2.13. The van der Waals surface area contributed by atoms with Crippen molar-refractivity contribution in [1.82, 2.24) is 9.88 Å². The molecule has 0 fully saturated rings. The second kappa shape index (κ2) is 6.64. The standard InChI is InChI=1S/C12H22N2O/c1-11(10-15)5-3-7-13-9-12-6-4-8-14(12)2/h4,6,8,11,13,15H,3,5,7,9-10H2,1-2H3. The van der Waals surface area contributed by atoms with Crippen LogP contribution in [0.2, 0.25) is 0 Å². The number of aliphatic hydroxyl groups excluding tert-OH is 1. The zero-order valence-corrected chi connectivity index (χ0v) is 9.74. The first-order valence-corrected chi connectivity index (χ1v) is 5.66. The molecular weight excluding hydrogens is 188 g/mol. The minimum Gasteiger partial charge on any atom is -0.396 e. The molecule has 0 amide bonds. The van der Waals surface area contributed by atoms with Crippen LogP contribution in [0.4, 0.5) is 0 Å². The second-order valence-corrected chi connectivity index (χ2v) is 4.22. The average Bonchev–Trinajstić information content (AvgIpc) is 2.63. The monoisotopic (exact) mass is 210 g/mol.